The summed E-state index contributed by atoms with van der Waals surface area (Å²) in [5.41, 5.74) is 2.17. The molecule has 19 heavy (non-hydrogen) atoms. The van der Waals surface area contributed by atoms with Crippen LogP contribution in [0.2, 0.25) is 0 Å². The van der Waals surface area contributed by atoms with Gasteiger partial charge in [0.15, 0.2) is 0 Å². The lowest BCUT2D eigenvalue weighted by Gasteiger charge is -2.15. The van der Waals surface area contributed by atoms with E-state index in [0.29, 0.717) is 11.3 Å². The number of anilines is 1. The molecule has 4 heteroatoms. The number of hydrogen-bond donors (Lipinski definition) is 1. The lowest BCUT2D eigenvalue weighted by atomic mass is 10.1. The van der Waals surface area contributed by atoms with Crippen molar-refractivity contribution >= 4 is 17.0 Å². The lowest BCUT2D eigenvalue weighted by Crippen LogP contribution is -2.07. The maximum absolute atomic E-state index is 13.4. The highest BCUT2D eigenvalue weighted by atomic mass is 32.1. The fourth-order valence-electron chi connectivity index (χ4n) is 2.15. The van der Waals surface area contributed by atoms with Crippen LogP contribution in [0.15, 0.2) is 24.3 Å². The van der Waals surface area contributed by atoms with Gasteiger partial charge in [0.25, 0.3) is 0 Å². The van der Waals surface area contributed by atoms with Gasteiger partial charge in [-0.3, -0.25) is 0 Å². The fourth-order valence-corrected chi connectivity index (χ4v) is 3.17. The molecule has 0 amide bonds. The highest BCUT2D eigenvalue weighted by Crippen LogP contribution is 2.29. The third-order valence-corrected chi connectivity index (χ3v) is 3.94. The summed E-state index contributed by atoms with van der Waals surface area (Å²) in [5.74, 6) is -0.396. The molecule has 1 aromatic carbocycles. The van der Waals surface area contributed by atoms with E-state index in [1.807, 2.05) is 13.0 Å². The van der Waals surface area contributed by atoms with Gasteiger partial charge in [-0.15, -0.1) is 11.3 Å². The summed E-state index contributed by atoms with van der Waals surface area (Å²) >= 11 is 1.75. The first kappa shape index (κ1) is 13.6. The highest BCUT2D eigenvalue weighted by molar-refractivity contribution is 7.12. The summed E-state index contributed by atoms with van der Waals surface area (Å²) in [7, 11) is 0. The van der Waals surface area contributed by atoms with Crippen LogP contribution in [0.1, 0.15) is 33.8 Å². The maximum atomic E-state index is 13.4. The van der Waals surface area contributed by atoms with E-state index in [9.17, 15) is 4.39 Å². The number of nitrogens with zero attached hydrogens (tertiary/aromatic N) is 1. The molecule has 0 bridgehead atoms. The van der Waals surface area contributed by atoms with Gasteiger partial charge < -0.3 is 5.32 Å². The van der Waals surface area contributed by atoms with Crippen molar-refractivity contribution in [3.05, 3.63) is 51.0 Å². The quantitative estimate of drug-likeness (QED) is 0.891. The zero-order chi connectivity index (χ0) is 14.0. The average molecular weight is 274 g/mol. The van der Waals surface area contributed by atoms with Gasteiger partial charge >= 0.3 is 0 Å². The topological polar surface area (TPSA) is 35.8 Å². The molecule has 1 aromatic heterocycles. The number of nitrogens with one attached hydrogen (secondary N) is 1. The summed E-state index contributed by atoms with van der Waals surface area (Å²) in [5, 5.41) is 12.1. The van der Waals surface area contributed by atoms with E-state index >= 15 is 0 Å². The Morgan fingerprint density at radius 1 is 1.26 bits per heavy atom. The Labute approximate surface area is 116 Å². The first-order valence-corrected chi connectivity index (χ1v) is 6.85. The van der Waals surface area contributed by atoms with Gasteiger partial charge in [0.05, 0.1) is 11.6 Å². The van der Waals surface area contributed by atoms with Crippen LogP contribution in [-0.2, 0) is 0 Å². The molecule has 0 fully saturated rings. The molecule has 0 saturated heterocycles. The highest BCUT2D eigenvalue weighted by Gasteiger charge is 2.12. The molecule has 0 spiro atoms. The van der Waals surface area contributed by atoms with E-state index in [2.05, 4.69) is 25.2 Å². The van der Waals surface area contributed by atoms with Crippen molar-refractivity contribution < 1.29 is 4.39 Å². The van der Waals surface area contributed by atoms with Crippen LogP contribution in [0.5, 0.6) is 0 Å². The predicted molar refractivity (Wildman–Crippen MR) is 76.9 cm³/mol. The maximum Gasteiger partial charge on any atom is 0.126 e. The molecule has 1 N–H and O–H groups in total. The van der Waals surface area contributed by atoms with Gasteiger partial charge in [-0.05, 0) is 50.6 Å². The molecule has 0 radical (unpaired) electrons. The van der Waals surface area contributed by atoms with Crippen LogP contribution in [0.3, 0.4) is 0 Å². The largest absolute Gasteiger partial charge is 0.378 e. The summed E-state index contributed by atoms with van der Waals surface area (Å²) in [6.07, 6.45) is 0. The predicted octanol–water partition coefficient (Wildman–Crippen LogP) is 4.55. The second-order valence-electron chi connectivity index (χ2n) is 4.57. The molecule has 2 nitrogen and oxygen atoms in total. The third kappa shape index (κ3) is 3.12. The average Bonchev–Trinajstić information content (AvgIpc) is 2.67. The number of nitriles is 1. The smallest absolute Gasteiger partial charge is 0.126 e. The number of benzene rings is 1. The van der Waals surface area contributed by atoms with Crippen LogP contribution >= 0.6 is 11.3 Å². The first-order chi connectivity index (χ1) is 8.99. The number of rotatable bonds is 3. The van der Waals surface area contributed by atoms with Crippen molar-refractivity contribution in [2.24, 2.45) is 0 Å². The van der Waals surface area contributed by atoms with E-state index < -0.39 is 5.82 Å². The van der Waals surface area contributed by atoms with Gasteiger partial charge in [-0.2, -0.15) is 5.26 Å². The number of thiophene rings is 1. The van der Waals surface area contributed by atoms with Gasteiger partial charge in [0.1, 0.15) is 5.82 Å². The Balaban J connectivity index is 2.24. The standard InChI is InChI=1S/C15H15FN2S/c1-9-4-15(11(3)19-9)10(2)18-14-6-12(8-17)5-13(16)7-14/h4-7,10,18H,1-3H3. The number of aryl methyl sites for hydroxylation is 2. The molecule has 98 valence electrons. The van der Waals surface area contributed by atoms with Gasteiger partial charge in [-0.25, -0.2) is 4.39 Å². The van der Waals surface area contributed by atoms with E-state index in [-0.39, 0.29) is 6.04 Å². The molecule has 1 unspecified atom stereocenters. The summed E-state index contributed by atoms with van der Waals surface area (Å²) in [4.78, 5) is 2.52. The molecule has 2 rings (SSSR count). The Morgan fingerprint density at radius 2 is 2.00 bits per heavy atom. The van der Waals surface area contributed by atoms with E-state index in [1.54, 1.807) is 17.4 Å². The Hall–Kier alpha value is -1.86. The fraction of sp³-hybridized carbons (Fsp3) is 0.267. The van der Waals surface area contributed by atoms with Crippen molar-refractivity contribution in [2.45, 2.75) is 26.8 Å². The molecule has 0 aliphatic rings. The molecule has 0 saturated carbocycles. The minimum Gasteiger partial charge on any atom is -0.378 e. The van der Waals surface area contributed by atoms with Crippen LogP contribution in [-0.4, -0.2) is 0 Å². The third-order valence-electron chi connectivity index (χ3n) is 2.96. The van der Waals surface area contributed by atoms with Crippen molar-refractivity contribution in [1.29, 1.82) is 5.26 Å². The second-order valence-corrected chi connectivity index (χ2v) is 6.04. The van der Waals surface area contributed by atoms with Gasteiger partial charge in [-0.1, -0.05) is 0 Å². The molecular formula is C15H15FN2S. The minimum absolute atomic E-state index is 0.0818. The Morgan fingerprint density at radius 3 is 2.58 bits per heavy atom. The van der Waals surface area contributed by atoms with Crippen LogP contribution in [0.25, 0.3) is 0 Å². The van der Waals surface area contributed by atoms with Crippen molar-refractivity contribution in [3.8, 4) is 6.07 Å². The normalized spacial score (nSPS) is 11.9. The first-order valence-electron chi connectivity index (χ1n) is 6.03. The van der Waals surface area contributed by atoms with Crippen LogP contribution < -0.4 is 5.32 Å². The van der Waals surface area contributed by atoms with E-state index in [1.165, 1.54) is 27.5 Å². The molecular weight excluding hydrogens is 259 g/mol. The molecule has 0 aliphatic carbocycles. The lowest BCUT2D eigenvalue weighted by molar-refractivity contribution is 0.627. The summed E-state index contributed by atoms with van der Waals surface area (Å²) in [6.45, 7) is 6.19. The SMILES string of the molecule is Cc1cc(C(C)Nc2cc(F)cc(C#N)c2)c(C)s1. The second kappa shape index (κ2) is 5.41. The molecule has 2 aromatic rings. The van der Waals surface area contributed by atoms with Crippen molar-refractivity contribution in [1.82, 2.24) is 0 Å². The van der Waals surface area contributed by atoms with Gasteiger partial charge in [0, 0.05) is 21.5 Å². The number of halogens is 1. The van der Waals surface area contributed by atoms with Crippen LogP contribution in [0, 0.1) is 31.0 Å². The molecule has 1 heterocycles. The Kier molecular flexibility index (Phi) is 3.87. The van der Waals surface area contributed by atoms with Crippen LogP contribution in [0.4, 0.5) is 10.1 Å². The molecule has 1 atom stereocenters. The van der Waals surface area contributed by atoms with E-state index in [0.717, 1.165) is 0 Å². The number of hydrogen-bond acceptors (Lipinski definition) is 3. The minimum atomic E-state index is -0.396. The Bertz CT molecular complexity index is 640. The van der Waals surface area contributed by atoms with E-state index in [4.69, 9.17) is 5.26 Å². The monoisotopic (exact) mass is 274 g/mol. The van der Waals surface area contributed by atoms with Crippen molar-refractivity contribution in [2.75, 3.05) is 5.32 Å². The summed E-state index contributed by atoms with van der Waals surface area (Å²) < 4.78 is 13.4. The van der Waals surface area contributed by atoms with Gasteiger partial charge in [0.2, 0.25) is 0 Å². The zero-order valence-corrected chi connectivity index (χ0v) is 11.9. The van der Waals surface area contributed by atoms with Crippen molar-refractivity contribution in [3.63, 3.8) is 0 Å². The molecule has 0 aliphatic heterocycles. The summed E-state index contributed by atoms with van der Waals surface area (Å²) in [6, 6.07) is 8.48. The zero-order valence-electron chi connectivity index (χ0n) is 11.1.